The van der Waals surface area contributed by atoms with Crippen LogP contribution in [0.5, 0.6) is 0 Å². The molecule has 1 N–H and O–H groups in total. The van der Waals surface area contributed by atoms with Crippen LogP contribution in [0.4, 0.5) is 11.4 Å². The molecule has 1 saturated heterocycles. The molecular formula is C20H22Cl2N4O3. The summed E-state index contributed by atoms with van der Waals surface area (Å²) in [6.45, 7) is 3.38. The number of hydrogen-bond donors (Lipinski definition) is 1. The molecule has 29 heavy (non-hydrogen) atoms. The highest BCUT2D eigenvalue weighted by Crippen LogP contribution is 2.28. The number of nitro benzene ring substituents is 1. The molecule has 0 saturated carbocycles. The summed E-state index contributed by atoms with van der Waals surface area (Å²) in [5.74, 6) is -0.0534. The molecule has 0 aromatic heterocycles. The largest absolute Gasteiger partial charge is 0.363 e. The molecule has 2 aromatic carbocycles. The van der Waals surface area contributed by atoms with Crippen molar-refractivity contribution in [1.82, 2.24) is 10.2 Å². The third-order valence-corrected chi connectivity index (χ3v) is 5.76. The molecule has 1 fully saturated rings. The van der Waals surface area contributed by atoms with Crippen LogP contribution < -0.4 is 10.2 Å². The van der Waals surface area contributed by atoms with Gasteiger partial charge in [0.1, 0.15) is 5.69 Å². The molecule has 1 aliphatic heterocycles. The molecule has 0 spiro atoms. The molecule has 7 nitrogen and oxygen atoms in total. The fourth-order valence-electron chi connectivity index (χ4n) is 3.37. The van der Waals surface area contributed by atoms with Gasteiger partial charge in [-0.25, -0.2) is 0 Å². The van der Waals surface area contributed by atoms with Gasteiger partial charge in [0, 0.05) is 38.8 Å². The number of nitro groups is 1. The lowest BCUT2D eigenvalue weighted by atomic mass is 10.1. The van der Waals surface area contributed by atoms with Crippen LogP contribution in [0.3, 0.4) is 0 Å². The van der Waals surface area contributed by atoms with Crippen molar-refractivity contribution in [2.24, 2.45) is 0 Å². The molecule has 9 heteroatoms. The van der Waals surface area contributed by atoms with Crippen molar-refractivity contribution in [3.05, 3.63) is 68.2 Å². The lowest BCUT2D eigenvalue weighted by Crippen LogP contribution is -2.49. The molecule has 0 atom stereocenters. The van der Waals surface area contributed by atoms with Crippen LogP contribution in [-0.2, 0) is 11.2 Å². The number of carbonyl (C=O) groups excluding carboxylic acids is 1. The lowest BCUT2D eigenvalue weighted by Gasteiger charge is -2.35. The van der Waals surface area contributed by atoms with Crippen molar-refractivity contribution < 1.29 is 9.72 Å². The molecular weight excluding hydrogens is 415 g/mol. The van der Waals surface area contributed by atoms with Gasteiger partial charge in [-0.15, -0.1) is 0 Å². The van der Waals surface area contributed by atoms with E-state index in [1.807, 2.05) is 21.9 Å². The summed E-state index contributed by atoms with van der Waals surface area (Å²) in [5, 5.41) is 15.2. The number of benzene rings is 2. The van der Waals surface area contributed by atoms with Crippen molar-refractivity contribution in [3.63, 3.8) is 0 Å². The van der Waals surface area contributed by atoms with Crippen molar-refractivity contribution in [2.45, 2.75) is 6.42 Å². The van der Waals surface area contributed by atoms with Gasteiger partial charge in [-0.1, -0.05) is 47.5 Å². The third kappa shape index (κ3) is 5.59. The fraction of sp³-hybridized carbons (Fsp3) is 0.350. The second-order valence-electron chi connectivity index (χ2n) is 6.82. The van der Waals surface area contributed by atoms with Gasteiger partial charge in [0.25, 0.3) is 5.69 Å². The topological polar surface area (TPSA) is 78.7 Å². The number of hydrogen-bond acceptors (Lipinski definition) is 5. The first-order valence-corrected chi connectivity index (χ1v) is 10.1. The smallest absolute Gasteiger partial charge is 0.292 e. The van der Waals surface area contributed by atoms with Gasteiger partial charge in [0.15, 0.2) is 0 Å². The predicted molar refractivity (Wildman–Crippen MR) is 115 cm³/mol. The number of carbonyl (C=O) groups is 1. The standard InChI is InChI=1S/C20H22Cl2N4O3/c21-16-5-3-4-15(20(16)22)8-9-23-19(27)14-24-10-12-25(13-11-24)17-6-1-2-7-18(17)26(28)29/h1-7H,8-14H2,(H,23,27). The van der Waals surface area contributed by atoms with E-state index in [-0.39, 0.29) is 16.5 Å². The van der Waals surface area contributed by atoms with E-state index in [2.05, 4.69) is 5.32 Å². The van der Waals surface area contributed by atoms with E-state index in [1.54, 1.807) is 24.3 Å². The average molecular weight is 437 g/mol. The average Bonchev–Trinajstić information content (AvgIpc) is 2.71. The van der Waals surface area contributed by atoms with Gasteiger partial charge in [-0.2, -0.15) is 0 Å². The van der Waals surface area contributed by atoms with Crippen LogP contribution in [-0.4, -0.2) is 55.0 Å². The van der Waals surface area contributed by atoms with E-state index in [9.17, 15) is 14.9 Å². The summed E-state index contributed by atoms with van der Waals surface area (Å²) < 4.78 is 0. The Kier molecular flexibility index (Phi) is 7.30. The van der Waals surface area contributed by atoms with E-state index in [4.69, 9.17) is 23.2 Å². The molecule has 1 amide bonds. The Morgan fingerprint density at radius 3 is 2.52 bits per heavy atom. The van der Waals surface area contributed by atoms with Gasteiger partial charge in [0.05, 0.1) is 21.5 Å². The Labute approximate surface area is 179 Å². The molecule has 0 unspecified atom stereocenters. The molecule has 0 radical (unpaired) electrons. The first-order chi connectivity index (χ1) is 14.0. The molecule has 154 valence electrons. The summed E-state index contributed by atoms with van der Waals surface area (Å²) in [6.07, 6.45) is 0.608. The molecule has 3 rings (SSSR count). The van der Waals surface area contributed by atoms with Crippen molar-refractivity contribution in [2.75, 3.05) is 44.2 Å². The van der Waals surface area contributed by atoms with Crippen LogP contribution in [0.15, 0.2) is 42.5 Å². The zero-order valence-corrected chi connectivity index (χ0v) is 17.3. The maximum atomic E-state index is 12.2. The minimum absolute atomic E-state index is 0.0534. The second kappa shape index (κ2) is 9.91. The fourth-order valence-corrected chi connectivity index (χ4v) is 3.78. The normalized spacial score (nSPS) is 14.6. The number of rotatable bonds is 7. The lowest BCUT2D eigenvalue weighted by molar-refractivity contribution is -0.384. The Bertz CT molecular complexity index is 886. The van der Waals surface area contributed by atoms with E-state index in [0.717, 1.165) is 5.56 Å². The Morgan fingerprint density at radius 2 is 1.79 bits per heavy atom. The summed E-state index contributed by atoms with van der Waals surface area (Å²) in [4.78, 5) is 27.1. The highest BCUT2D eigenvalue weighted by Gasteiger charge is 2.24. The molecule has 2 aromatic rings. The Hall–Kier alpha value is -2.35. The van der Waals surface area contributed by atoms with Crippen LogP contribution >= 0.6 is 23.2 Å². The van der Waals surface area contributed by atoms with Crippen LogP contribution in [0.2, 0.25) is 10.0 Å². The number of nitrogens with zero attached hydrogens (tertiary/aromatic N) is 3. The highest BCUT2D eigenvalue weighted by molar-refractivity contribution is 6.42. The maximum absolute atomic E-state index is 12.2. The van der Waals surface area contributed by atoms with Crippen molar-refractivity contribution in [3.8, 4) is 0 Å². The number of halogens is 2. The van der Waals surface area contributed by atoms with Crippen LogP contribution in [0.1, 0.15) is 5.56 Å². The number of amides is 1. The van der Waals surface area contributed by atoms with Gasteiger partial charge in [0.2, 0.25) is 5.91 Å². The zero-order chi connectivity index (χ0) is 20.8. The van der Waals surface area contributed by atoms with E-state index in [1.165, 1.54) is 6.07 Å². The summed E-state index contributed by atoms with van der Waals surface area (Å²) in [6, 6.07) is 12.2. The third-order valence-electron chi connectivity index (χ3n) is 4.91. The van der Waals surface area contributed by atoms with Crippen LogP contribution in [0.25, 0.3) is 0 Å². The number of para-hydroxylation sites is 2. The van der Waals surface area contributed by atoms with Gasteiger partial charge >= 0.3 is 0 Å². The first-order valence-electron chi connectivity index (χ1n) is 9.36. The van der Waals surface area contributed by atoms with Crippen LogP contribution in [0, 0.1) is 10.1 Å². The number of nitrogens with one attached hydrogen (secondary N) is 1. The summed E-state index contributed by atoms with van der Waals surface area (Å²) in [5.41, 5.74) is 1.64. The summed E-state index contributed by atoms with van der Waals surface area (Å²) >= 11 is 12.2. The minimum atomic E-state index is -0.360. The maximum Gasteiger partial charge on any atom is 0.292 e. The number of piperazine rings is 1. The zero-order valence-electron chi connectivity index (χ0n) is 15.8. The highest BCUT2D eigenvalue weighted by atomic mass is 35.5. The minimum Gasteiger partial charge on any atom is -0.363 e. The van der Waals surface area contributed by atoms with Gasteiger partial charge < -0.3 is 10.2 Å². The van der Waals surface area contributed by atoms with Gasteiger partial charge in [-0.3, -0.25) is 19.8 Å². The first kappa shape index (κ1) is 21.4. The second-order valence-corrected chi connectivity index (χ2v) is 7.61. The van der Waals surface area contributed by atoms with E-state index < -0.39 is 0 Å². The SMILES string of the molecule is O=C(CN1CCN(c2ccccc2[N+](=O)[O-])CC1)NCCc1cccc(Cl)c1Cl. The molecule has 1 heterocycles. The summed E-state index contributed by atoms with van der Waals surface area (Å²) in [7, 11) is 0. The van der Waals surface area contributed by atoms with Crippen molar-refractivity contribution >= 4 is 40.5 Å². The Morgan fingerprint density at radius 1 is 1.07 bits per heavy atom. The monoisotopic (exact) mass is 436 g/mol. The predicted octanol–water partition coefficient (Wildman–Crippen LogP) is 3.38. The van der Waals surface area contributed by atoms with Gasteiger partial charge in [-0.05, 0) is 24.1 Å². The molecule has 0 bridgehead atoms. The molecule has 0 aliphatic carbocycles. The molecule has 1 aliphatic rings. The Balaban J connectivity index is 1.44. The van der Waals surface area contributed by atoms with E-state index >= 15 is 0 Å². The quantitative estimate of drug-likeness (QED) is 0.531. The number of anilines is 1. The van der Waals surface area contributed by atoms with E-state index in [0.29, 0.717) is 61.4 Å². The van der Waals surface area contributed by atoms with Crippen molar-refractivity contribution in [1.29, 1.82) is 0 Å².